The van der Waals surface area contributed by atoms with Crippen LogP contribution < -0.4 is 0 Å². The Morgan fingerprint density at radius 3 is 2.30 bits per heavy atom. The molecule has 0 heterocycles. The molecule has 0 radical (unpaired) electrons. The second kappa shape index (κ2) is 5.76. The molecule has 0 bridgehead atoms. The van der Waals surface area contributed by atoms with Crippen LogP contribution in [0.1, 0.15) is 22.8 Å². The Bertz CT molecular complexity index is 628. The van der Waals surface area contributed by atoms with E-state index in [9.17, 15) is 18.3 Å². The van der Waals surface area contributed by atoms with Gasteiger partial charge in [0.05, 0.1) is 10.6 Å². The average Bonchev–Trinajstić information content (AvgIpc) is 2.40. The third kappa shape index (κ3) is 3.34. The number of alkyl halides is 3. The van der Waals surface area contributed by atoms with Gasteiger partial charge in [-0.2, -0.15) is 13.2 Å². The molecule has 0 aromatic heterocycles. The van der Waals surface area contributed by atoms with E-state index in [1.54, 1.807) is 12.1 Å². The maximum Gasteiger partial charge on any atom is 0.416 e. The van der Waals surface area contributed by atoms with E-state index in [0.29, 0.717) is 15.1 Å². The first kappa shape index (κ1) is 15.4. The first-order valence-corrected chi connectivity index (χ1v) is 6.76. The molecule has 2 rings (SSSR count). The summed E-state index contributed by atoms with van der Waals surface area (Å²) in [6.45, 7) is 0. The molecule has 0 spiro atoms. The van der Waals surface area contributed by atoms with Gasteiger partial charge < -0.3 is 5.11 Å². The normalized spacial score (nSPS) is 13.3. The average molecular weight is 366 g/mol. The zero-order valence-corrected chi connectivity index (χ0v) is 12.3. The van der Waals surface area contributed by atoms with E-state index in [1.807, 2.05) is 0 Å². The maximum absolute atomic E-state index is 12.6. The summed E-state index contributed by atoms with van der Waals surface area (Å²) in [7, 11) is 0. The van der Waals surface area contributed by atoms with Gasteiger partial charge in [-0.25, -0.2) is 0 Å². The molecular formula is C14H9BrClF3O. The molecule has 106 valence electrons. The van der Waals surface area contributed by atoms with E-state index in [1.165, 1.54) is 18.2 Å². The Morgan fingerprint density at radius 2 is 1.70 bits per heavy atom. The van der Waals surface area contributed by atoms with E-state index in [-0.39, 0.29) is 5.56 Å². The van der Waals surface area contributed by atoms with Crippen LogP contribution in [0.5, 0.6) is 0 Å². The second-order valence-electron chi connectivity index (χ2n) is 4.20. The Labute approximate surface area is 127 Å². The minimum Gasteiger partial charge on any atom is -0.384 e. The summed E-state index contributed by atoms with van der Waals surface area (Å²) in [4.78, 5) is 0. The van der Waals surface area contributed by atoms with Crippen LogP contribution in [-0.4, -0.2) is 5.11 Å². The van der Waals surface area contributed by atoms with E-state index in [0.717, 1.165) is 12.1 Å². The van der Waals surface area contributed by atoms with Gasteiger partial charge in [0, 0.05) is 4.47 Å². The van der Waals surface area contributed by atoms with Crippen LogP contribution in [0.15, 0.2) is 46.9 Å². The van der Waals surface area contributed by atoms with Crippen molar-refractivity contribution in [2.75, 3.05) is 0 Å². The number of aliphatic hydroxyl groups excluding tert-OH is 1. The fourth-order valence-corrected chi connectivity index (χ4v) is 2.20. The summed E-state index contributed by atoms with van der Waals surface area (Å²) < 4.78 is 38.6. The summed E-state index contributed by atoms with van der Waals surface area (Å²) >= 11 is 9.12. The number of hydrogen-bond acceptors (Lipinski definition) is 1. The lowest BCUT2D eigenvalue weighted by Gasteiger charge is -2.14. The smallest absolute Gasteiger partial charge is 0.384 e. The number of aliphatic hydroxyl groups is 1. The van der Waals surface area contributed by atoms with Gasteiger partial charge in [-0.1, -0.05) is 29.8 Å². The van der Waals surface area contributed by atoms with Crippen LogP contribution in [0.2, 0.25) is 5.02 Å². The molecule has 0 fully saturated rings. The van der Waals surface area contributed by atoms with Crippen LogP contribution in [0.25, 0.3) is 0 Å². The Kier molecular flexibility index (Phi) is 4.42. The fraction of sp³-hybridized carbons (Fsp3) is 0.143. The molecule has 0 aliphatic heterocycles. The Balaban J connectivity index is 2.38. The monoisotopic (exact) mass is 364 g/mol. The number of hydrogen-bond donors (Lipinski definition) is 1. The minimum atomic E-state index is -4.44. The van der Waals surface area contributed by atoms with E-state index < -0.39 is 17.8 Å². The van der Waals surface area contributed by atoms with Crippen molar-refractivity contribution in [2.24, 2.45) is 0 Å². The molecule has 2 aromatic carbocycles. The van der Waals surface area contributed by atoms with Gasteiger partial charge >= 0.3 is 6.18 Å². The van der Waals surface area contributed by atoms with Crippen LogP contribution in [0, 0.1) is 0 Å². The van der Waals surface area contributed by atoms with Gasteiger partial charge in [0.15, 0.2) is 0 Å². The Morgan fingerprint density at radius 1 is 1.05 bits per heavy atom. The SMILES string of the molecule is OC(c1cccc(C(F)(F)F)c1)c1ccc(Br)c(Cl)c1. The first-order valence-electron chi connectivity index (χ1n) is 5.59. The minimum absolute atomic E-state index is 0.165. The molecule has 2 aromatic rings. The molecular weight excluding hydrogens is 357 g/mol. The predicted molar refractivity (Wildman–Crippen MR) is 74.7 cm³/mol. The molecule has 1 N–H and O–H groups in total. The molecule has 0 aliphatic carbocycles. The molecule has 6 heteroatoms. The maximum atomic E-state index is 12.6. The van der Waals surface area contributed by atoms with Gasteiger partial charge in [-0.3, -0.25) is 0 Å². The highest BCUT2D eigenvalue weighted by atomic mass is 79.9. The highest BCUT2D eigenvalue weighted by Crippen LogP contribution is 2.33. The van der Waals surface area contributed by atoms with Gasteiger partial charge in [-0.05, 0) is 51.3 Å². The lowest BCUT2D eigenvalue weighted by Crippen LogP contribution is -2.07. The molecule has 0 saturated heterocycles. The van der Waals surface area contributed by atoms with Crippen molar-refractivity contribution in [2.45, 2.75) is 12.3 Å². The van der Waals surface area contributed by atoms with Crippen molar-refractivity contribution in [3.8, 4) is 0 Å². The summed E-state index contributed by atoms with van der Waals surface area (Å²) in [5.74, 6) is 0. The van der Waals surface area contributed by atoms with Gasteiger partial charge in [0.25, 0.3) is 0 Å². The van der Waals surface area contributed by atoms with Crippen molar-refractivity contribution in [3.05, 3.63) is 68.7 Å². The summed E-state index contributed by atoms with van der Waals surface area (Å²) in [5, 5.41) is 10.5. The molecule has 0 aliphatic rings. The van der Waals surface area contributed by atoms with Gasteiger partial charge in [-0.15, -0.1) is 0 Å². The molecule has 20 heavy (non-hydrogen) atoms. The summed E-state index contributed by atoms with van der Waals surface area (Å²) in [6.07, 6.45) is -5.60. The zero-order valence-electron chi connectivity index (χ0n) is 9.96. The fourth-order valence-electron chi connectivity index (χ4n) is 1.76. The van der Waals surface area contributed by atoms with E-state index >= 15 is 0 Å². The third-order valence-electron chi connectivity index (χ3n) is 2.79. The first-order chi connectivity index (χ1) is 9.29. The predicted octanol–water partition coefficient (Wildman–Crippen LogP) is 5.20. The highest BCUT2D eigenvalue weighted by molar-refractivity contribution is 9.10. The lowest BCUT2D eigenvalue weighted by atomic mass is 9.99. The van der Waals surface area contributed by atoms with Crippen molar-refractivity contribution < 1.29 is 18.3 Å². The number of benzene rings is 2. The standard InChI is InChI=1S/C14H9BrClF3O/c15-11-5-4-9(7-12(11)16)13(20)8-2-1-3-10(6-8)14(17,18)19/h1-7,13,20H. The molecule has 1 nitrogen and oxygen atoms in total. The van der Waals surface area contributed by atoms with Gasteiger partial charge in [0.1, 0.15) is 6.10 Å². The Hall–Kier alpha value is -1.04. The van der Waals surface area contributed by atoms with Crippen molar-refractivity contribution in [1.29, 1.82) is 0 Å². The van der Waals surface area contributed by atoms with Crippen LogP contribution in [-0.2, 0) is 6.18 Å². The quantitative estimate of drug-likeness (QED) is 0.775. The van der Waals surface area contributed by atoms with Crippen molar-refractivity contribution in [1.82, 2.24) is 0 Å². The topological polar surface area (TPSA) is 20.2 Å². The lowest BCUT2D eigenvalue weighted by molar-refractivity contribution is -0.137. The molecule has 0 amide bonds. The summed E-state index contributed by atoms with van der Waals surface area (Å²) in [6, 6.07) is 9.34. The van der Waals surface area contributed by atoms with Crippen LogP contribution in [0.3, 0.4) is 0 Å². The van der Waals surface area contributed by atoms with Crippen LogP contribution in [0.4, 0.5) is 13.2 Å². The number of rotatable bonds is 2. The van der Waals surface area contributed by atoms with Crippen LogP contribution >= 0.6 is 27.5 Å². The highest BCUT2D eigenvalue weighted by Gasteiger charge is 2.31. The van der Waals surface area contributed by atoms with Gasteiger partial charge in [0.2, 0.25) is 0 Å². The van der Waals surface area contributed by atoms with Crippen molar-refractivity contribution >= 4 is 27.5 Å². The largest absolute Gasteiger partial charge is 0.416 e. The van der Waals surface area contributed by atoms with Crippen molar-refractivity contribution in [3.63, 3.8) is 0 Å². The molecule has 1 atom stereocenters. The third-order valence-corrected chi connectivity index (χ3v) is 4.02. The molecule has 1 unspecified atom stereocenters. The van der Waals surface area contributed by atoms with E-state index in [4.69, 9.17) is 11.6 Å². The van der Waals surface area contributed by atoms with E-state index in [2.05, 4.69) is 15.9 Å². The zero-order chi connectivity index (χ0) is 14.9. The second-order valence-corrected chi connectivity index (χ2v) is 5.46. The summed E-state index contributed by atoms with van der Waals surface area (Å²) in [5.41, 5.74) is -0.201. The number of halogens is 5. The molecule has 0 saturated carbocycles.